The summed E-state index contributed by atoms with van der Waals surface area (Å²) in [6.07, 6.45) is 2.28. The number of carbonyl (C=O) groups is 1. The van der Waals surface area contributed by atoms with Crippen molar-refractivity contribution in [3.05, 3.63) is 54.6 Å². The predicted molar refractivity (Wildman–Crippen MR) is 104 cm³/mol. The molecule has 1 N–H and O–H groups in total. The van der Waals surface area contributed by atoms with Gasteiger partial charge < -0.3 is 14.6 Å². The molecule has 2 heterocycles. The number of amides is 1. The van der Waals surface area contributed by atoms with Crippen LogP contribution in [0.3, 0.4) is 0 Å². The van der Waals surface area contributed by atoms with E-state index >= 15 is 0 Å². The number of hydrogen-bond donors (Lipinski definition) is 1. The minimum Gasteiger partial charge on any atom is -0.467 e. The van der Waals surface area contributed by atoms with Crippen LogP contribution in [0.5, 0.6) is 5.88 Å². The average Bonchev–Trinajstić information content (AvgIpc) is 3.01. The summed E-state index contributed by atoms with van der Waals surface area (Å²) in [7, 11) is 1.99. The first kappa shape index (κ1) is 17.0. The minimum absolute atomic E-state index is 0.137. The largest absolute Gasteiger partial charge is 0.467 e. The Morgan fingerprint density at radius 1 is 1.15 bits per heavy atom. The van der Waals surface area contributed by atoms with E-state index in [0.29, 0.717) is 11.6 Å². The van der Waals surface area contributed by atoms with Crippen molar-refractivity contribution < 1.29 is 9.53 Å². The Hall–Kier alpha value is -3.48. The maximum atomic E-state index is 12.3. The van der Waals surface area contributed by atoms with Gasteiger partial charge >= 0.3 is 0 Å². The first-order chi connectivity index (χ1) is 13.2. The van der Waals surface area contributed by atoms with Crippen LogP contribution in [0.15, 0.2) is 48.8 Å². The normalized spacial score (nSPS) is 11.0. The zero-order valence-corrected chi connectivity index (χ0v) is 15.1. The molecule has 27 heavy (non-hydrogen) atoms. The number of benzene rings is 2. The SMILES string of the molecule is CCc1nc2cc(NC(=O)COc3ncnc4ccccc34)ccc2n1C. The van der Waals surface area contributed by atoms with Gasteiger partial charge in [-0.25, -0.2) is 15.0 Å². The van der Waals surface area contributed by atoms with Gasteiger partial charge in [0.1, 0.15) is 12.2 Å². The first-order valence-corrected chi connectivity index (χ1v) is 8.73. The van der Waals surface area contributed by atoms with Crippen LogP contribution in [-0.2, 0) is 18.3 Å². The monoisotopic (exact) mass is 361 g/mol. The zero-order chi connectivity index (χ0) is 18.8. The van der Waals surface area contributed by atoms with Crippen LogP contribution in [0, 0.1) is 0 Å². The molecule has 0 unspecified atom stereocenters. The van der Waals surface area contributed by atoms with E-state index in [4.69, 9.17) is 4.74 Å². The predicted octanol–water partition coefficient (Wildman–Crippen LogP) is 3.10. The fourth-order valence-corrected chi connectivity index (χ4v) is 3.07. The van der Waals surface area contributed by atoms with Crippen molar-refractivity contribution in [3.63, 3.8) is 0 Å². The van der Waals surface area contributed by atoms with Crippen LogP contribution in [0.25, 0.3) is 21.9 Å². The number of carbonyl (C=O) groups excluding carboxylic acids is 1. The van der Waals surface area contributed by atoms with Gasteiger partial charge in [-0.15, -0.1) is 0 Å². The lowest BCUT2D eigenvalue weighted by molar-refractivity contribution is -0.118. The molecular weight excluding hydrogens is 342 g/mol. The number of nitrogens with zero attached hydrogens (tertiary/aromatic N) is 4. The number of hydrogen-bond acceptors (Lipinski definition) is 5. The Kier molecular flexibility index (Phi) is 4.42. The standard InChI is InChI=1S/C20H19N5O2/c1-3-18-24-16-10-13(8-9-17(16)25(18)2)23-19(26)11-27-20-14-6-4-5-7-15(14)21-12-22-20/h4-10,12H,3,11H2,1-2H3,(H,23,26). The van der Waals surface area contributed by atoms with Crippen LogP contribution >= 0.6 is 0 Å². The number of aromatic nitrogens is 4. The van der Waals surface area contributed by atoms with Gasteiger partial charge in [-0.2, -0.15) is 0 Å². The first-order valence-electron chi connectivity index (χ1n) is 8.73. The van der Waals surface area contributed by atoms with Gasteiger partial charge in [0.25, 0.3) is 5.91 Å². The third-order valence-corrected chi connectivity index (χ3v) is 4.42. The zero-order valence-electron chi connectivity index (χ0n) is 15.1. The van der Waals surface area contributed by atoms with E-state index in [1.165, 1.54) is 6.33 Å². The number of aryl methyl sites for hydroxylation is 2. The molecule has 0 saturated carbocycles. The van der Waals surface area contributed by atoms with E-state index in [2.05, 4.69) is 31.8 Å². The molecule has 2 aromatic heterocycles. The van der Waals surface area contributed by atoms with Crippen LogP contribution < -0.4 is 10.1 Å². The van der Waals surface area contributed by atoms with Crippen molar-refractivity contribution in [2.75, 3.05) is 11.9 Å². The third-order valence-electron chi connectivity index (χ3n) is 4.42. The summed E-state index contributed by atoms with van der Waals surface area (Å²) in [4.78, 5) is 25.2. The number of rotatable bonds is 5. The minimum atomic E-state index is -0.260. The topological polar surface area (TPSA) is 81.9 Å². The lowest BCUT2D eigenvalue weighted by atomic mass is 10.2. The van der Waals surface area contributed by atoms with Crippen molar-refractivity contribution in [3.8, 4) is 5.88 Å². The van der Waals surface area contributed by atoms with E-state index in [1.807, 2.05) is 49.5 Å². The smallest absolute Gasteiger partial charge is 0.262 e. The molecule has 0 aliphatic heterocycles. The van der Waals surface area contributed by atoms with Gasteiger partial charge in [0.15, 0.2) is 6.61 Å². The second-order valence-corrected chi connectivity index (χ2v) is 6.18. The molecule has 0 bridgehead atoms. The van der Waals surface area contributed by atoms with Crippen molar-refractivity contribution >= 4 is 33.5 Å². The number of ether oxygens (including phenoxy) is 1. The highest BCUT2D eigenvalue weighted by Gasteiger charge is 2.10. The van der Waals surface area contributed by atoms with Crippen LogP contribution in [0.4, 0.5) is 5.69 Å². The molecule has 4 aromatic rings. The Morgan fingerprint density at radius 3 is 2.85 bits per heavy atom. The van der Waals surface area contributed by atoms with Crippen LogP contribution in [0.2, 0.25) is 0 Å². The van der Waals surface area contributed by atoms with E-state index in [1.54, 1.807) is 0 Å². The van der Waals surface area contributed by atoms with Crippen molar-refractivity contribution in [1.82, 2.24) is 19.5 Å². The summed E-state index contributed by atoms with van der Waals surface area (Å²) in [5.74, 6) is 1.14. The van der Waals surface area contributed by atoms with Crippen LogP contribution in [-0.4, -0.2) is 32.0 Å². The number of anilines is 1. The molecule has 0 atom stereocenters. The summed E-state index contributed by atoms with van der Waals surface area (Å²) in [6.45, 7) is 1.93. The highest BCUT2D eigenvalue weighted by Crippen LogP contribution is 2.21. The van der Waals surface area contributed by atoms with E-state index in [9.17, 15) is 4.79 Å². The summed E-state index contributed by atoms with van der Waals surface area (Å²) >= 11 is 0. The number of nitrogens with one attached hydrogen (secondary N) is 1. The molecule has 0 spiro atoms. The van der Waals surface area contributed by atoms with Gasteiger partial charge in [-0.1, -0.05) is 19.1 Å². The number of imidazole rings is 1. The molecule has 4 rings (SSSR count). The van der Waals surface area contributed by atoms with E-state index < -0.39 is 0 Å². The quantitative estimate of drug-likeness (QED) is 0.591. The Labute approximate surface area is 156 Å². The molecule has 1 amide bonds. The van der Waals surface area contributed by atoms with E-state index in [-0.39, 0.29) is 12.5 Å². The number of para-hydroxylation sites is 1. The molecule has 0 fully saturated rings. The van der Waals surface area contributed by atoms with Gasteiger partial charge in [0.2, 0.25) is 5.88 Å². The fourth-order valence-electron chi connectivity index (χ4n) is 3.07. The van der Waals surface area contributed by atoms with Gasteiger partial charge in [-0.3, -0.25) is 4.79 Å². The highest BCUT2D eigenvalue weighted by molar-refractivity contribution is 5.94. The Balaban J connectivity index is 1.47. The van der Waals surface area contributed by atoms with Gasteiger partial charge in [-0.05, 0) is 30.3 Å². The lowest BCUT2D eigenvalue weighted by Gasteiger charge is -2.08. The molecule has 2 aromatic carbocycles. The average molecular weight is 361 g/mol. The molecule has 0 radical (unpaired) electrons. The molecule has 7 nitrogen and oxygen atoms in total. The summed E-state index contributed by atoms with van der Waals surface area (Å²) in [5, 5.41) is 3.62. The highest BCUT2D eigenvalue weighted by atomic mass is 16.5. The molecule has 7 heteroatoms. The second-order valence-electron chi connectivity index (χ2n) is 6.18. The maximum Gasteiger partial charge on any atom is 0.262 e. The Bertz CT molecular complexity index is 1130. The second kappa shape index (κ2) is 7.03. The molecule has 0 saturated heterocycles. The van der Waals surface area contributed by atoms with Crippen molar-refractivity contribution in [2.24, 2.45) is 7.05 Å². The molecular formula is C20H19N5O2. The molecule has 136 valence electrons. The maximum absolute atomic E-state index is 12.3. The van der Waals surface area contributed by atoms with Gasteiger partial charge in [0, 0.05) is 19.2 Å². The van der Waals surface area contributed by atoms with E-state index in [0.717, 1.165) is 34.2 Å². The van der Waals surface area contributed by atoms with Crippen molar-refractivity contribution in [1.29, 1.82) is 0 Å². The summed E-state index contributed by atoms with van der Waals surface area (Å²) in [5.41, 5.74) is 3.35. The number of fused-ring (bicyclic) bond motifs is 2. The lowest BCUT2D eigenvalue weighted by Crippen LogP contribution is -2.20. The summed E-state index contributed by atoms with van der Waals surface area (Å²) in [6, 6.07) is 13.2. The Morgan fingerprint density at radius 2 is 2.00 bits per heavy atom. The summed E-state index contributed by atoms with van der Waals surface area (Å²) < 4.78 is 7.66. The third kappa shape index (κ3) is 3.31. The van der Waals surface area contributed by atoms with Gasteiger partial charge in [0.05, 0.1) is 21.9 Å². The van der Waals surface area contributed by atoms with Crippen LogP contribution in [0.1, 0.15) is 12.7 Å². The molecule has 0 aliphatic rings. The van der Waals surface area contributed by atoms with Crippen molar-refractivity contribution in [2.45, 2.75) is 13.3 Å². The fraction of sp³-hybridized carbons (Fsp3) is 0.200. The molecule has 0 aliphatic carbocycles.